The summed E-state index contributed by atoms with van der Waals surface area (Å²) < 4.78 is 16.6. The molecule has 1 amide bonds. The van der Waals surface area contributed by atoms with E-state index in [0.717, 1.165) is 5.69 Å². The summed E-state index contributed by atoms with van der Waals surface area (Å²) in [6.45, 7) is 3.95. The second-order valence-electron chi connectivity index (χ2n) is 9.38. The highest BCUT2D eigenvalue weighted by Crippen LogP contribution is 2.44. The molecule has 5 rings (SSSR count). The summed E-state index contributed by atoms with van der Waals surface area (Å²) in [5, 5.41) is 11.4. The molecule has 1 fully saturated rings. The molecule has 37 heavy (non-hydrogen) atoms. The fourth-order valence-electron chi connectivity index (χ4n) is 4.53. The number of ketones is 1. The van der Waals surface area contributed by atoms with Gasteiger partial charge in [-0.05, 0) is 74.0 Å². The summed E-state index contributed by atoms with van der Waals surface area (Å²) in [7, 11) is 3.85. The van der Waals surface area contributed by atoms with Crippen molar-refractivity contribution in [3.63, 3.8) is 0 Å². The number of aliphatic hydroxyl groups is 1. The number of rotatable bonds is 6. The van der Waals surface area contributed by atoms with E-state index in [1.165, 1.54) is 4.90 Å². The van der Waals surface area contributed by atoms with E-state index in [-0.39, 0.29) is 24.2 Å². The lowest BCUT2D eigenvalue weighted by Crippen LogP contribution is -2.29. The Labute approximate surface area is 215 Å². The van der Waals surface area contributed by atoms with Gasteiger partial charge < -0.3 is 24.2 Å². The molecule has 3 aromatic rings. The molecule has 1 N–H and O–H groups in total. The number of hydrogen-bond donors (Lipinski definition) is 1. The van der Waals surface area contributed by atoms with Gasteiger partial charge in [-0.1, -0.05) is 12.1 Å². The van der Waals surface area contributed by atoms with Gasteiger partial charge in [-0.25, -0.2) is 0 Å². The molecule has 0 saturated carbocycles. The minimum Gasteiger partial charge on any atom is -0.507 e. The predicted molar refractivity (Wildman–Crippen MR) is 140 cm³/mol. The van der Waals surface area contributed by atoms with Crippen molar-refractivity contribution in [3.05, 3.63) is 83.4 Å². The van der Waals surface area contributed by atoms with Crippen LogP contribution in [0.1, 0.15) is 31.0 Å². The lowest BCUT2D eigenvalue weighted by Gasteiger charge is -2.26. The molecule has 190 valence electrons. The number of benzene rings is 3. The first-order valence-corrected chi connectivity index (χ1v) is 12.0. The number of amides is 1. The van der Waals surface area contributed by atoms with Gasteiger partial charge in [-0.3, -0.25) is 14.5 Å². The zero-order valence-corrected chi connectivity index (χ0v) is 21.1. The smallest absolute Gasteiger partial charge is 0.300 e. The number of carbonyl (C=O) groups excluding carboxylic acids is 2. The number of hydrogen-bond acceptors (Lipinski definition) is 7. The molecule has 2 aliphatic rings. The first kappa shape index (κ1) is 24.2. The topological polar surface area (TPSA) is 88.5 Å². The zero-order valence-electron chi connectivity index (χ0n) is 21.1. The average Bonchev–Trinajstić information content (AvgIpc) is 3.46. The van der Waals surface area contributed by atoms with Crippen LogP contribution >= 0.6 is 0 Å². The molecule has 1 atom stereocenters. The maximum absolute atomic E-state index is 13.4. The van der Waals surface area contributed by atoms with Crippen molar-refractivity contribution < 1.29 is 28.9 Å². The van der Waals surface area contributed by atoms with Crippen LogP contribution in [-0.4, -0.2) is 43.8 Å². The fourth-order valence-corrected chi connectivity index (χ4v) is 4.53. The van der Waals surface area contributed by atoms with Crippen LogP contribution in [0.2, 0.25) is 0 Å². The Hall–Kier alpha value is -4.46. The third kappa shape index (κ3) is 4.46. The maximum Gasteiger partial charge on any atom is 0.300 e. The molecule has 0 aromatic heterocycles. The van der Waals surface area contributed by atoms with Gasteiger partial charge in [0.1, 0.15) is 11.5 Å². The third-order valence-corrected chi connectivity index (χ3v) is 6.30. The lowest BCUT2D eigenvalue weighted by atomic mass is 9.95. The molecule has 8 nitrogen and oxygen atoms in total. The second-order valence-corrected chi connectivity index (χ2v) is 9.38. The van der Waals surface area contributed by atoms with Crippen LogP contribution in [0.15, 0.2) is 72.3 Å². The molecule has 0 aliphatic carbocycles. The molecule has 1 unspecified atom stereocenters. The Kier molecular flexibility index (Phi) is 6.25. The van der Waals surface area contributed by atoms with Crippen molar-refractivity contribution in [2.24, 2.45) is 0 Å². The molecule has 1 saturated heterocycles. The van der Waals surface area contributed by atoms with Crippen molar-refractivity contribution in [1.29, 1.82) is 0 Å². The van der Waals surface area contributed by atoms with Gasteiger partial charge in [0, 0.05) is 31.0 Å². The van der Waals surface area contributed by atoms with Crippen molar-refractivity contribution in [2.75, 3.05) is 30.7 Å². The second kappa shape index (κ2) is 9.54. The largest absolute Gasteiger partial charge is 0.507 e. The van der Waals surface area contributed by atoms with Crippen LogP contribution in [0.4, 0.5) is 11.4 Å². The van der Waals surface area contributed by atoms with Crippen LogP contribution in [-0.2, 0) is 9.59 Å². The van der Waals surface area contributed by atoms with Gasteiger partial charge >= 0.3 is 0 Å². The van der Waals surface area contributed by atoms with Crippen LogP contribution in [0.25, 0.3) is 5.76 Å². The normalized spacial score (nSPS) is 18.0. The highest BCUT2D eigenvalue weighted by Gasteiger charge is 2.47. The van der Waals surface area contributed by atoms with Crippen LogP contribution < -0.4 is 24.0 Å². The quantitative estimate of drug-likeness (QED) is 0.293. The summed E-state index contributed by atoms with van der Waals surface area (Å²) in [5.74, 6) is -0.0790. The van der Waals surface area contributed by atoms with Crippen molar-refractivity contribution in [1.82, 2.24) is 0 Å². The summed E-state index contributed by atoms with van der Waals surface area (Å²) >= 11 is 0. The SMILES string of the molecule is CC(C)Oc1ccc(C2/C(=C(/O)c3ccc4c(c3)OCO4)C(=O)C(=O)N2c2ccc(N(C)C)cc2)cc1. The highest BCUT2D eigenvalue weighted by molar-refractivity contribution is 6.51. The fraction of sp³-hybridized carbons (Fsp3) is 0.241. The Morgan fingerprint density at radius 1 is 0.973 bits per heavy atom. The number of anilines is 2. The molecule has 8 heteroatoms. The van der Waals surface area contributed by atoms with Gasteiger partial charge in [0.15, 0.2) is 11.5 Å². The van der Waals surface area contributed by atoms with Crippen molar-refractivity contribution in [3.8, 4) is 17.2 Å². The van der Waals surface area contributed by atoms with E-state index < -0.39 is 17.7 Å². The summed E-state index contributed by atoms with van der Waals surface area (Å²) in [4.78, 5) is 30.2. The number of nitrogens with zero attached hydrogens (tertiary/aromatic N) is 2. The molecular weight excluding hydrogens is 472 g/mol. The molecule has 2 heterocycles. The number of aliphatic hydroxyl groups excluding tert-OH is 1. The van der Waals surface area contributed by atoms with Crippen LogP contribution in [0.3, 0.4) is 0 Å². The highest BCUT2D eigenvalue weighted by atomic mass is 16.7. The van der Waals surface area contributed by atoms with Gasteiger partial charge in [0.25, 0.3) is 11.7 Å². The average molecular weight is 501 g/mol. The standard InChI is InChI=1S/C29H28N2O6/c1-17(2)37-22-12-5-18(6-13-22)26-25(27(32)19-7-14-23-24(15-19)36-16-35-23)28(33)29(34)31(26)21-10-8-20(9-11-21)30(3)4/h5-15,17,26,32H,16H2,1-4H3/b27-25-. The Morgan fingerprint density at radius 2 is 1.65 bits per heavy atom. The van der Waals surface area contributed by atoms with Gasteiger partial charge in [0.2, 0.25) is 6.79 Å². The molecule has 0 spiro atoms. The predicted octanol–water partition coefficient (Wildman–Crippen LogP) is 4.89. The molecule has 2 aliphatic heterocycles. The molecule has 3 aromatic carbocycles. The number of fused-ring (bicyclic) bond motifs is 1. The minimum absolute atomic E-state index is 0.00178. The van der Waals surface area contributed by atoms with E-state index in [1.54, 1.807) is 42.5 Å². The molecular formula is C29H28N2O6. The van der Waals surface area contributed by atoms with Gasteiger partial charge in [-0.2, -0.15) is 0 Å². The van der Waals surface area contributed by atoms with Crippen LogP contribution in [0, 0.1) is 0 Å². The lowest BCUT2D eigenvalue weighted by molar-refractivity contribution is -0.132. The van der Waals surface area contributed by atoms with Gasteiger partial charge in [-0.15, -0.1) is 0 Å². The summed E-state index contributed by atoms with van der Waals surface area (Å²) in [5.41, 5.74) is 2.51. The minimum atomic E-state index is -0.844. The number of carbonyl (C=O) groups is 2. The molecule has 0 bridgehead atoms. The van der Waals surface area contributed by atoms with E-state index in [1.807, 2.05) is 57.1 Å². The van der Waals surface area contributed by atoms with E-state index in [9.17, 15) is 14.7 Å². The monoisotopic (exact) mass is 500 g/mol. The third-order valence-electron chi connectivity index (χ3n) is 6.30. The van der Waals surface area contributed by atoms with E-state index in [4.69, 9.17) is 14.2 Å². The van der Waals surface area contributed by atoms with Crippen molar-refractivity contribution in [2.45, 2.75) is 26.0 Å². The number of Topliss-reactive ketones (excluding diaryl/α,β-unsaturated/α-hetero) is 1. The van der Waals surface area contributed by atoms with E-state index in [0.29, 0.717) is 34.1 Å². The number of ether oxygens (including phenoxy) is 3. The maximum atomic E-state index is 13.4. The Morgan fingerprint density at radius 3 is 2.30 bits per heavy atom. The van der Waals surface area contributed by atoms with Gasteiger partial charge in [0.05, 0.1) is 17.7 Å². The Bertz CT molecular complexity index is 1380. The Balaban J connectivity index is 1.64. The zero-order chi connectivity index (χ0) is 26.3. The first-order valence-electron chi connectivity index (χ1n) is 12.0. The van der Waals surface area contributed by atoms with E-state index >= 15 is 0 Å². The first-order chi connectivity index (χ1) is 17.7. The van der Waals surface area contributed by atoms with Crippen LogP contribution in [0.5, 0.6) is 17.2 Å². The molecule has 0 radical (unpaired) electrons. The summed E-state index contributed by atoms with van der Waals surface area (Å²) in [6.07, 6.45) is -0.00213. The summed E-state index contributed by atoms with van der Waals surface area (Å²) in [6, 6.07) is 18.6. The van der Waals surface area contributed by atoms with E-state index in [2.05, 4.69) is 0 Å². The van der Waals surface area contributed by atoms with Crippen molar-refractivity contribution >= 4 is 28.8 Å².